The number of halogens is 1. The molecular formula is C22H24ClN5. The minimum atomic E-state index is 0.700. The van der Waals surface area contributed by atoms with E-state index in [0.717, 1.165) is 55.9 Å². The van der Waals surface area contributed by atoms with E-state index in [9.17, 15) is 0 Å². The molecule has 0 aliphatic carbocycles. The summed E-state index contributed by atoms with van der Waals surface area (Å²) in [4.78, 5) is 14.0. The highest BCUT2D eigenvalue weighted by Gasteiger charge is 2.19. The number of anilines is 3. The van der Waals surface area contributed by atoms with Crippen LogP contribution in [-0.4, -0.2) is 41.0 Å². The van der Waals surface area contributed by atoms with Gasteiger partial charge in [0.05, 0.1) is 0 Å². The van der Waals surface area contributed by atoms with Gasteiger partial charge in [-0.3, -0.25) is 4.90 Å². The Labute approximate surface area is 171 Å². The van der Waals surface area contributed by atoms with Crippen LogP contribution in [-0.2, 0) is 6.54 Å². The van der Waals surface area contributed by atoms with Crippen molar-refractivity contribution < 1.29 is 0 Å². The van der Waals surface area contributed by atoms with E-state index in [2.05, 4.69) is 55.4 Å². The van der Waals surface area contributed by atoms with Crippen LogP contribution in [0.1, 0.15) is 11.4 Å². The van der Waals surface area contributed by atoms with Gasteiger partial charge in [-0.05, 0) is 30.7 Å². The second kappa shape index (κ2) is 8.59. The molecule has 5 nitrogen and oxygen atoms in total. The lowest BCUT2D eigenvalue weighted by atomic mass is 10.2. The molecule has 0 saturated carbocycles. The molecule has 1 N–H and O–H groups in total. The standard InChI is InChI=1S/C22H24ClN5/c1-17-24-21(26-20-9-5-8-19(23)14-20)15-22(25-17)28-12-10-27(11-13-28)16-18-6-3-2-4-7-18/h2-9,14-15H,10-13,16H2,1H3,(H,24,25,26). The van der Waals surface area contributed by atoms with E-state index < -0.39 is 0 Å². The van der Waals surface area contributed by atoms with Crippen LogP contribution >= 0.6 is 11.6 Å². The summed E-state index contributed by atoms with van der Waals surface area (Å²) < 4.78 is 0. The van der Waals surface area contributed by atoms with Crippen molar-refractivity contribution in [1.82, 2.24) is 14.9 Å². The summed E-state index contributed by atoms with van der Waals surface area (Å²) in [6, 6.07) is 20.3. The van der Waals surface area contributed by atoms with Crippen molar-refractivity contribution in [2.75, 3.05) is 36.4 Å². The predicted molar refractivity (Wildman–Crippen MR) is 115 cm³/mol. The third-order valence-electron chi connectivity index (χ3n) is 4.87. The molecule has 0 radical (unpaired) electrons. The van der Waals surface area contributed by atoms with Crippen molar-refractivity contribution >= 4 is 28.9 Å². The summed E-state index contributed by atoms with van der Waals surface area (Å²) in [5, 5.41) is 4.03. The Morgan fingerprint density at radius 2 is 1.71 bits per heavy atom. The van der Waals surface area contributed by atoms with Crippen molar-refractivity contribution in [1.29, 1.82) is 0 Å². The van der Waals surface area contributed by atoms with Gasteiger partial charge in [-0.2, -0.15) is 0 Å². The molecule has 4 rings (SSSR count). The van der Waals surface area contributed by atoms with E-state index in [1.807, 2.05) is 37.3 Å². The molecule has 28 heavy (non-hydrogen) atoms. The number of hydrogen-bond acceptors (Lipinski definition) is 5. The fraction of sp³-hybridized carbons (Fsp3) is 0.273. The molecule has 144 valence electrons. The van der Waals surface area contributed by atoms with Crippen molar-refractivity contribution in [3.8, 4) is 0 Å². The number of aromatic nitrogens is 2. The van der Waals surface area contributed by atoms with Crippen LogP contribution in [0.2, 0.25) is 5.02 Å². The molecular weight excluding hydrogens is 370 g/mol. The Kier molecular flexibility index (Phi) is 5.74. The van der Waals surface area contributed by atoms with Crippen LogP contribution in [0.25, 0.3) is 0 Å². The number of rotatable bonds is 5. The van der Waals surface area contributed by atoms with Gasteiger partial charge in [-0.1, -0.05) is 48.0 Å². The molecule has 1 aliphatic heterocycles. The fourth-order valence-electron chi connectivity index (χ4n) is 3.47. The van der Waals surface area contributed by atoms with Crippen molar-refractivity contribution in [2.45, 2.75) is 13.5 Å². The summed E-state index contributed by atoms with van der Waals surface area (Å²) in [6.45, 7) is 6.89. The zero-order valence-electron chi connectivity index (χ0n) is 16.0. The minimum absolute atomic E-state index is 0.700. The third kappa shape index (κ3) is 4.80. The van der Waals surface area contributed by atoms with Crippen LogP contribution in [0.5, 0.6) is 0 Å². The normalized spacial score (nSPS) is 14.9. The molecule has 1 aliphatic rings. The van der Waals surface area contributed by atoms with Crippen LogP contribution in [0.15, 0.2) is 60.7 Å². The molecule has 0 atom stereocenters. The Bertz CT molecular complexity index is 923. The molecule has 0 bridgehead atoms. The minimum Gasteiger partial charge on any atom is -0.354 e. The predicted octanol–water partition coefficient (Wildman–Crippen LogP) is 4.50. The van der Waals surface area contributed by atoms with Gasteiger partial charge in [0.2, 0.25) is 0 Å². The van der Waals surface area contributed by atoms with Crippen LogP contribution in [0.3, 0.4) is 0 Å². The average Bonchev–Trinajstić information content (AvgIpc) is 2.69. The number of piperazine rings is 1. The second-order valence-corrected chi connectivity index (χ2v) is 7.48. The zero-order chi connectivity index (χ0) is 19.3. The summed E-state index contributed by atoms with van der Waals surface area (Å²) >= 11 is 6.08. The first kappa shape index (κ1) is 18.7. The number of nitrogens with one attached hydrogen (secondary N) is 1. The lowest BCUT2D eigenvalue weighted by Gasteiger charge is -2.35. The molecule has 1 saturated heterocycles. The SMILES string of the molecule is Cc1nc(Nc2cccc(Cl)c2)cc(N2CCN(Cc3ccccc3)CC2)n1. The lowest BCUT2D eigenvalue weighted by molar-refractivity contribution is 0.249. The highest BCUT2D eigenvalue weighted by Crippen LogP contribution is 2.23. The average molecular weight is 394 g/mol. The van der Waals surface area contributed by atoms with Crippen molar-refractivity contribution in [3.63, 3.8) is 0 Å². The summed E-state index contributed by atoms with van der Waals surface area (Å²) in [5.74, 6) is 2.52. The largest absolute Gasteiger partial charge is 0.354 e. The van der Waals surface area contributed by atoms with Gasteiger partial charge in [-0.25, -0.2) is 9.97 Å². The van der Waals surface area contributed by atoms with Gasteiger partial charge in [0, 0.05) is 49.5 Å². The quantitative estimate of drug-likeness (QED) is 0.691. The molecule has 0 spiro atoms. The molecule has 0 amide bonds. The topological polar surface area (TPSA) is 44.3 Å². The van der Waals surface area contributed by atoms with Crippen LogP contribution in [0, 0.1) is 6.92 Å². The zero-order valence-corrected chi connectivity index (χ0v) is 16.7. The number of benzene rings is 2. The maximum absolute atomic E-state index is 6.08. The van der Waals surface area contributed by atoms with Gasteiger partial charge >= 0.3 is 0 Å². The summed E-state index contributed by atoms with van der Waals surface area (Å²) in [7, 11) is 0. The number of nitrogens with zero attached hydrogens (tertiary/aromatic N) is 4. The van der Waals surface area contributed by atoms with E-state index in [4.69, 9.17) is 11.6 Å². The van der Waals surface area contributed by atoms with Gasteiger partial charge in [0.15, 0.2) is 0 Å². The molecule has 6 heteroatoms. The first-order chi connectivity index (χ1) is 13.7. The molecule has 3 aromatic rings. The first-order valence-corrected chi connectivity index (χ1v) is 9.93. The maximum atomic E-state index is 6.08. The molecule has 2 heterocycles. The van der Waals surface area contributed by atoms with Gasteiger partial charge in [0.1, 0.15) is 17.5 Å². The second-order valence-electron chi connectivity index (χ2n) is 7.04. The maximum Gasteiger partial charge on any atom is 0.136 e. The van der Waals surface area contributed by atoms with E-state index in [1.165, 1.54) is 5.56 Å². The molecule has 2 aromatic carbocycles. The van der Waals surface area contributed by atoms with Crippen molar-refractivity contribution in [2.24, 2.45) is 0 Å². The van der Waals surface area contributed by atoms with E-state index in [1.54, 1.807) is 0 Å². The van der Waals surface area contributed by atoms with E-state index in [-0.39, 0.29) is 0 Å². The van der Waals surface area contributed by atoms with Crippen LogP contribution in [0.4, 0.5) is 17.3 Å². The van der Waals surface area contributed by atoms with Crippen LogP contribution < -0.4 is 10.2 Å². The van der Waals surface area contributed by atoms with E-state index in [0.29, 0.717) is 5.02 Å². The molecule has 0 unspecified atom stereocenters. The number of hydrogen-bond donors (Lipinski definition) is 1. The number of aryl methyl sites for hydroxylation is 1. The Hall–Kier alpha value is -2.63. The van der Waals surface area contributed by atoms with Gasteiger partial charge in [0.25, 0.3) is 0 Å². The highest BCUT2D eigenvalue weighted by atomic mass is 35.5. The van der Waals surface area contributed by atoms with Crippen molar-refractivity contribution in [3.05, 3.63) is 77.1 Å². The third-order valence-corrected chi connectivity index (χ3v) is 5.10. The highest BCUT2D eigenvalue weighted by molar-refractivity contribution is 6.30. The Morgan fingerprint density at radius 1 is 0.929 bits per heavy atom. The first-order valence-electron chi connectivity index (χ1n) is 9.55. The lowest BCUT2D eigenvalue weighted by Crippen LogP contribution is -2.46. The smallest absolute Gasteiger partial charge is 0.136 e. The monoisotopic (exact) mass is 393 g/mol. The summed E-state index contributed by atoms with van der Waals surface area (Å²) in [5.41, 5.74) is 2.28. The molecule has 1 fully saturated rings. The fourth-order valence-corrected chi connectivity index (χ4v) is 3.66. The molecule has 1 aromatic heterocycles. The Balaban J connectivity index is 1.41. The van der Waals surface area contributed by atoms with Gasteiger partial charge < -0.3 is 10.2 Å². The van der Waals surface area contributed by atoms with Gasteiger partial charge in [-0.15, -0.1) is 0 Å². The Morgan fingerprint density at radius 3 is 2.46 bits per heavy atom. The summed E-state index contributed by atoms with van der Waals surface area (Å²) in [6.07, 6.45) is 0. The van der Waals surface area contributed by atoms with E-state index >= 15 is 0 Å².